The molecule has 1 saturated heterocycles. The second-order valence-electron chi connectivity index (χ2n) is 8.26. The van der Waals surface area contributed by atoms with E-state index in [0.29, 0.717) is 23.2 Å². The topological polar surface area (TPSA) is 89.3 Å². The van der Waals surface area contributed by atoms with Gasteiger partial charge in [0, 0.05) is 37.6 Å². The number of benzene rings is 1. The van der Waals surface area contributed by atoms with Crippen molar-refractivity contribution in [2.45, 2.75) is 39.0 Å². The lowest BCUT2D eigenvalue weighted by atomic mass is 10.1. The van der Waals surface area contributed by atoms with Gasteiger partial charge in [0.1, 0.15) is 11.6 Å². The first-order chi connectivity index (χ1) is 16.0. The van der Waals surface area contributed by atoms with Crippen molar-refractivity contribution < 1.29 is 9.53 Å². The van der Waals surface area contributed by atoms with Crippen LogP contribution in [0.1, 0.15) is 39.0 Å². The minimum Gasteiger partial charge on any atom is -0.480 e. The van der Waals surface area contributed by atoms with Crippen molar-refractivity contribution in [1.82, 2.24) is 14.5 Å². The number of carbonyl (C=O) groups is 1. The molecule has 0 bridgehead atoms. The normalized spacial score (nSPS) is 13.8. The van der Waals surface area contributed by atoms with Crippen molar-refractivity contribution >= 4 is 45.7 Å². The summed E-state index contributed by atoms with van der Waals surface area (Å²) in [4.78, 5) is 35.7. The standard InChI is InChI=1S/C24H28ClN5O3/c1-3-7-18(31)15-33-21-13-16-12-17(8-9-20(16)29(2)23(21)32)27-22-19(25)14-26-24(28-22)30-10-5-4-6-11-30/h8-9,12-14H,3-7,10-11,15H2,1-2H3,(H,26,27,28). The van der Waals surface area contributed by atoms with E-state index in [2.05, 4.69) is 20.2 Å². The molecule has 0 unspecified atom stereocenters. The molecule has 1 aliphatic rings. The number of halogens is 1. The maximum Gasteiger partial charge on any atom is 0.293 e. The number of Topliss-reactive ketones (excluding diaryl/α,β-unsaturated/α-hetero) is 1. The van der Waals surface area contributed by atoms with E-state index in [0.717, 1.165) is 48.9 Å². The number of nitrogens with zero attached hydrogens (tertiary/aromatic N) is 4. The summed E-state index contributed by atoms with van der Waals surface area (Å²) in [7, 11) is 1.69. The van der Waals surface area contributed by atoms with Crippen LogP contribution in [0.4, 0.5) is 17.5 Å². The Balaban J connectivity index is 1.60. The van der Waals surface area contributed by atoms with Crippen LogP contribution < -0.4 is 20.5 Å². The molecule has 0 atom stereocenters. The van der Waals surface area contributed by atoms with Crippen molar-refractivity contribution in [3.05, 3.63) is 45.8 Å². The first-order valence-corrected chi connectivity index (χ1v) is 11.7. The lowest BCUT2D eigenvalue weighted by molar-refractivity contribution is -0.121. The highest BCUT2D eigenvalue weighted by Crippen LogP contribution is 2.28. The van der Waals surface area contributed by atoms with E-state index in [1.54, 1.807) is 19.3 Å². The number of nitrogens with one attached hydrogen (secondary N) is 1. The number of rotatable bonds is 8. The molecule has 174 valence electrons. The third-order valence-electron chi connectivity index (χ3n) is 5.74. The highest BCUT2D eigenvalue weighted by atomic mass is 35.5. The molecular weight excluding hydrogens is 442 g/mol. The number of aromatic nitrogens is 3. The predicted octanol–water partition coefficient (Wildman–Crippen LogP) is 4.46. The molecule has 8 nitrogen and oxygen atoms in total. The molecular formula is C24H28ClN5O3. The van der Waals surface area contributed by atoms with Crippen LogP contribution in [0.25, 0.3) is 10.9 Å². The molecule has 0 saturated carbocycles. The molecule has 3 aromatic rings. The van der Waals surface area contributed by atoms with E-state index in [4.69, 9.17) is 16.3 Å². The van der Waals surface area contributed by atoms with Gasteiger partial charge in [-0.3, -0.25) is 9.59 Å². The summed E-state index contributed by atoms with van der Waals surface area (Å²) < 4.78 is 7.07. The van der Waals surface area contributed by atoms with Crippen molar-refractivity contribution in [3.63, 3.8) is 0 Å². The van der Waals surface area contributed by atoms with E-state index >= 15 is 0 Å². The average molecular weight is 470 g/mol. The molecule has 0 spiro atoms. The Kier molecular flexibility index (Phi) is 7.13. The van der Waals surface area contributed by atoms with E-state index < -0.39 is 0 Å². The Morgan fingerprint density at radius 1 is 1.21 bits per heavy atom. The molecule has 33 heavy (non-hydrogen) atoms. The highest BCUT2D eigenvalue weighted by Gasteiger charge is 2.16. The van der Waals surface area contributed by atoms with Crippen LogP contribution in [0.2, 0.25) is 5.02 Å². The molecule has 1 N–H and O–H groups in total. The summed E-state index contributed by atoms with van der Waals surface area (Å²) in [6.45, 7) is 3.70. The number of ketones is 1. The van der Waals surface area contributed by atoms with Crippen LogP contribution in [0, 0.1) is 0 Å². The second-order valence-corrected chi connectivity index (χ2v) is 8.67. The Labute approximate surface area is 197 Å². The van der Waals surface area contributed by atoms with Gasteiger partial charge < -0.3 is 19.5 Å². The number of aryl methyl sites for hydroxylation is 1. The maximum atomic E-state index is 12.6. The number of piperidine rings is 1. The largest absolute Gasteiger partial charge is 0.480 e. The summed E-state index contributed by atoms with van der Waals surface area (Å²) in [6, 6.07) is 7.29. The van der Waals surface area contributed by atoms with Gasteiger partial charge in [-0.1, -0.05) is 18.5 Å². The average Bonchev–Trinajstić information content (AvgIpc) is 2.82. The van der Waals surface area contributed by atoms with Crippen LogP contribution in [0.5, 0.6) is 5.75 Å². The number of hydrogen-bond donors (Lipinski definition) is 1. The second kappa shape index (κ2) is 10.2. The van der Waals surface area contributed by atoms with E-state index in [1.807, 2.05) is 25.1 Å². The van der Waals surface area contributed by atoms with Gasteiger partial charge in [-0.15, -0.1) is 0 Å². The van der Waals surface area contributed by atoms with Gasteiger partial charge in [0.15, 0.2) is 17.4 Å². The molecule has 4 rings (SSSR count). The van der Waals surface area contributed by atoms with Crippen LogP contribution in [-0.4, -0.2) is 40.0 Å². The van der Waals surface area contributed by atoms with Gasteiger partial charge in [0.05, 0.1) is 11.7 Å². The number of anilines is 3. The zero-order chi connectivity index (χ0) is 23.4. The number of ether oxygens (including phenoxy) is 1. The van der Waals surface area contributed by atoms with E-state index in [9.17, 15) is 9.59 Å². The Hall–Kier alpha value is -3.13. The Morgan fingerprint density at radius 2 is 2.00 bits per heavy atom. The number of pyridine rings is 1. The summed E-state index contributed by atoms with van der Waals surface area (Å²) in [6.07, 6.45) is 6.29. The number of carbonyl (C=O) groups excluding carboxylic acids is 1. The molecule has 9 heteroatoms. The van der Waals surface area contributed by atoms with Crippen LogP contribution in [0.3, 0.4) is 0 Å². The Bertz CT molecular complexity index is 1220. The Morgan fingerprint density at radius 3 is 2.76 bits per heavy atom. The van der Waals surface area contributed by atoms with Gasteiger partial charge in [-0.2, -0.15) is 4.98 Å². The summed E-state index contributed by atoms with van der Waals surface area (Å²) >= 11 is 6.37. The lowest BCUT2D eigenvalue weighted by Crippen LogP contribution is -2.31. The molecule has 2 aromatic heterocycles. The highest BCUT2D eigenvalue weighted by molar-refractivity contribution is 6.32. The van der Waals surface area contributed by atoms with Gasteiger partial charge in [0.25, 0.3) is 5.56 Å². The summed E-state index contributed by atoms with van der Waals surface area (Å²) in [5.74, 6) is 1.31. The molecule has 1 aliphatic heterocycles. The minimum absolute atomic E-state index is 0.0296. The molecule has 1 aromatic carbocycles. The molecule has 3 heterocycles. The zero-order valence-electron chi connectivity index (χ0n) is 18.9. The fourth-order valence-corrected chi connectivity index (χ4v) is 4.11. The predicted molar refractivity (Wildman–Crippen MR) is 131 cm³/mol. The zero-order valence-corrected chi connectivity index (χ0v) is 19.7. The third kappa shape index (κ3) is 5.27. The quantitative estimate of drug-likeness (QED) is 0.520. The maximum absolute atomic E-state index is 12.6. The number of hydrogen-bond acceptors (Lipinski definition) is 7. The van der Waals surface area contributed by atoms with Gasteiger partial charge >= 0.3 is 0 Å². The van der Waals surface area contributed by atoms with Crippen LogP contribution in [0.15, 0.2) is 35.3 Å². The molecule has 0 amide bonds. The van der Waals surface area contributed by atoms with Gasteiger partial charge in [-0.25, -0.2) is 4.98 Å². The van der Waals surface area contributed by atoms with Crippen molar-refractivity contribution in [1.29, 1.82) is 0 Å². The van der Waals surface area contributed by atoms with Crippen LogP contribution >= 0.6 is 11.6 Å². The van der Waals surface area contributed by atoms with Crippen molar-refractivity contribution in [2.75, 3.05) is 29.9 Å². The number of fused-ring (bicyclic) bond motifs is 1. The molecule has 0 radical (unpaired) electrons. The van der Waals surface area contributed by atoms with Crippen molar-refractivity contribution in [2.24, 2.45) is 7.05 Å². The van der Waals surface area contributed by atoms with Gasteiger partial charge in [-0.05, 0) is 49.9 Å². The fraction of sp³-hybridized carbons (Fsp3) is 0.417. The molecule has 1 fully saturated rings. The lowest BCUT2D eigenvalue weighted by Gasteiger charge is -2.26. The van der Waals surface area contributed by atoms with E-state index in [-0.39, 0.29) is 23.7 Å². The van der Waals surface area contributed by atoms with Crippen LogP contribution in [-0.2, 0) is 11.8 Å². The van der Waals surface area contributed by atoms with Gasteiger partial charge in [0.2, 0.25) is 5.95 Å². The van der Waals surface area contributed by atoms with E-state index in [1.165, 1.54) is 11.0 Å². The molecule has 0 aliphatic carbocycles. The smallest absolute Gasteiger partial charge is 0.293 e. The monoisotopic (exact) mass is 469 g/mol. The SMILES string of the molecule is CCCC(=O)COc1cc2cc(Nc3nc(N4CCCCC4)ncc3Cl)ccc2n(C)c1=O. The summed E-state index contributed by atoms with van der Waals surface area (Å²) in [5, 5.41) is 4.49. The first kappa shape index (κ1) is 23.0. The minimum atomic E-state index is -0.280. The fourth-order valence-electron chi connectivity index (χ4n) is 3.97. The summed E-state index contributed by atoms with van der Waals surface area (Å²) in [5.41, 5.74) is 1.23. The van der Waals surface area contributed by atoms with Crippen molar-refractivity contribution in [3.8, 4) is 5.75 Å². The third-order valence-corrected chi connectivity index (χ3v) is 6.02. The first-order valence-electron chi connectivity index (χ1n) is 11.3.